The third kappa shape index (κ3) is 3.29. The van der Waals surface area contributed by atoms with Gasteiger partial charge < -0.3 is 10.5 Å². The van der Waals surface area contributed by atoms with Gasteiger partial charge in [-0.15, -0.1) is 11.3 Å². The lowest BCUT2D eigenvalue weighted by Gasteiger charge is -2.31. The van der Waals surface area contributed by atoms with E-state index in [-0.39, 0.29) is 0 Å². The van der Waals surface area contributed by atoms with Crippen LogP contribution >= 0.6 is 11.3 Å². The van der Waals surface area contributed by atoms with Crippen molar-refractivity contribution in [2.75, 3.05) is 26.8 Å². The topological polar surface area (TPSA) is 38.5 Å². The van der Waals surface area contributed by atoms with E-state index in [2.05, 4.69) is 29.2 Å². The predicted octanol–water partition coefficient (Wildman–Crippen LogP) is 3.22. The van der Waals surface area contributed by atoms with Gasteiger partial charge in [0.15, 0.2) is 0 Å². The fourth-order valence-corrected chi connectivity index (χ4v) is 4.35. The number of nitrogens with zero attached hydrogens (tertiary/aromatic N) is 1. The van der Waals surface area contributed by atoms with Crippen LogP contribution in [0.5, 0.6) is 0 Å². The minimum absolute atomic E-state index is 0.648. The zero-order valence-corrected chi connectivity index (χ0v) is 13.5. The van der Waals surface area contributed by atoms with Gasteiger partial charge in [0.05, 0.1) is 0 Å². The lowest BCUT2D eigenvalue weighted by molar-refractivity contribution is 0.0969. The molecule has 1 aromatic carbocycles. The molecule has 21 heavy (non-hydrogen) atoms. The minimum Gasteiger partial charge on any atom is -0.384 e. The van der Waals surface area contributed by atoms with Crippen molar-refractivity contribution in [1.29, 1.82) is 0 Å². The molecule has 0 aliphatic carbocycles. The zero-order chi connectivity index (χ0) is 14.7. The maximum absolute atomic E-state index is 5.96. The van der Waals surface area contributed by atoms with Crippen LogP contribution in [0.3, 0.4) is 0 Å². The highest BCUT2D eigenvalue weighted by molar-refractivity contribution is 7.19. The molecule has 1 aliphatic rings. The predicted molar refractivity (Wildman–Crippen MR) is 89.6 cm³/mol. The van der Waals surface area contributed by atoms with Crippen molar-refractivity contribution in [2.45, 2.75) is 25.9 Å². The van der Waals surface area contributed by atoms with Gasteiger partial charge in [0.25, 0.3) is 0 Å². The van der Waals surface area contributed by atoms with Gasteiger partial charge in [-0.3, -0.25) is 4.90 Å². The average Bonchev–Trinajstić information content (AvgIpc) is 2.87. The highest BCUT2D eigenvalue weighted by Crippen LogP contribution is 2.32. The van der Waals surface area contributed by atoms with Crippen LogP contribution in [0.2, 0.25) is 0 Å². The Morgan fingerprint density at radius 1 is 1.29 bits per heavy atom. The first-order valence-electron chi connectivity index (χ1n) is 7.72. The molecule has 0 unspecified atom stereocenters. The summed E-state index contributed by atoms with van der Waals surface area (Å²) in [6.45, 7) is 4.93. The second-order valence-corrected chi connectivity index (χ2v) is 7.02. The van der Waals surface area contributed by atoms with E-state index in [0.29, 0.717) is 6.54 Å². The molecule has 1 fully saturated rings. The molecule has 2 heterocycles. The maximum Gasteiger partial charge on any atom is 0.0491 e. The highest BCUT2D eigenvalue weighted by Gasteiger charge is 2.21. The number of ether oxygens (including phenoxy) is 1. The number of benzene rings is 1. The highest BCUT2D eigenvalue weighted by atomic mass is 32.1. The van der Waals surface area contributed by atoms with Crippen LogP contribution in [0.25, 0.3) is 10.1 Å². The van der Waals surface area contributed by atoms with Gasteiger partial charge in [-0.2, -0.15) is 0 Å². The summed E-state index contributed by atoms with van der Waals surface area (Å²) in [5.74, 6) is 0.736. The molecule has 1 aromatic heterocycles. The fraction of sp³-hybridized carbons (Fsp3) is 0.529. The molecule has 0 amide bonds. The molecule has 0 atom stereocenters. The van der Waals surface area contributed by atoms with E-state index < -0.39 is 0 Å². The average molecular weight is 304 g/mol. The van der Waals surface area contributed by atoms with Crippen molar-refractivity contribution in [2.24, 2.45) is 11.7 Å². The summed E-state index contributed by atoms with van der Waals surface area (Å²) in [5.41, 5.74) is 7.40. The molecule has 3 rings (SSSR count). The second kappa shape index (κ2) is 6.88. The lowest BCUT2D eigenvalue weighted by atomic mass is 9.97. The Morgan fingerprint density at radius 2 is 2.05 bits per heavy atom. The Balaban J connectivity index is 1.73. The summed E-state index contributed by atoms with van der Waals surface area (Å²) in [5, 5.41) is 1.39. The first-order chi connectivity index (χ1) is 10.3. The van der Waals surface area contributed by atoms with Gasteiger partial charge in [-0.25, -0.2) is 0 Å². The monoisotopic (exact) mass is 304 g/mol. The maximum atomic E-state index is 5.96. The molecule has 4 heteroatoms. The van der Waals surface area contributed by atoms with Crippen molar-refractivity contribution < 1.29 is 4.74 Å². The number of hydrogen-bond acceptors (Lipinski definition) is 4. The van der Waals surface area contributed by atoms with E-state index in [0.717, 1.165) is 19.1 Å². The largest absolute Gasteiger partial charge is 0.384 e. The molecule has 114 valence electrons. The SMILES string of the molecule is COCC1CCN(Cc2c(CN)sc3ccccc23)CC1. The van der Waals surface area contributed by atoms with Gasteiger partial charge >= 0.3 is 0 Å². The van der Waals surface area contributed by atoms with Crippen LogP contribution in [0.1, 0.15) is 23.3 Å². The molecule has 2 aromatic rings. The van der Waals surface area contributed by atoms with Crippen molar-refractivity contribution in [1.82, 2.24) is 4.90 Å². The van der Waals surface area contributed by atoms with Gasteiger partial charge in [-0.1, -0.05) is 18.2 Å². The van der Waals surface area contributed by atoms with Crippen LogP contribution < -0.4 is 5.73 Å². The quantitative estimate of drug-likeness (QED) is 0.922. The van der Waals surface area contributed by atoms with Crippen molar-refractivity contribution in [3.63, 3.8) is 0 Å². The summed E-state index contributed by atoms with van der Waals surface area (Å²) in [7, 11) is 1.80. The standard InChI is InChI=1S/C17H24N2OS/c1-20-12-13-6-8-19(9-7-13)11-15-14-4-2-3-5-16(14)21-17(15)10-18/h2-5,13H,6-12,18H2,1H3. The number of nitrogens with two attached hydrogens (primary N) is 1. The molecule has 1 saturated heterocycles. The van der Waals surface area contributed by atoms with Crippen LogP contribution in [0.15, 0.2) is 24.3 Å². The van der Waals surface area contributed by atoms with Crippen molar-refractivity contribution >= 4 is 21.4 Å². The molecule has 0 saturated carbocycles. The van der Waals surface area contributed by atoms with Gasteiger partial charge in [-0.05, 0) is 48.9 Å². The second-order valence-electron chi connectivity index (χ2n) is 5.88. The van der Waals surface area contributed by atoms with Crippen LogP contribution in [-0.2, 0) is 17.8 Å². The number of methoxy groups -OCH3 is 1. The van der Waals surface area contributed by atoms with E-state index in [1.54, 1.807) is 7.11 Å². The molecular weight excluding hydrogens is 280 g/mol. The Morgan fingerprint density at radius 3 is 2.76 bits per heavy atom. The normalized spacial score (nSPS) is 17.6. The third-order valence-corrected chi connectivity index (χ3v) is 5.69. The summed E-state index contributed by atoms with van der Waals surface area (Å²) in [6.07, 6.45) is 2.49. The van der Waals surface area contributed by atoms with Crippen molar-refractivity contribution in [3.8, 4) is 0 Å². The van der Waals surface area contributed by atoms with Gasteiger partial charge in [0.1, 0.15) is 0 Å². The molecule has 3 nitrogen and oxygen atoms in total. The first-order valence-corrected chi connectivity index (χ1v) is 8.54. The number of hydrogen-bond donors (Lipinski definition) is 1. The van der Waals surface area contributed by atoms with Crippen LogP contribution in [0, 0.1) is 5.92 Å². The zero-order valence-electron chi connectivity index (χ0n) is 12.7. The van der Waals surface area contributed by atoms with E-state index >= 15 is 0 Å². The van der Waals surface area contributed by atoms with Crippen LogP contribution in [0.4, 0.5) is 0 Å². The van der Waals surface area contributed by atoms with E-state index in [4.69, 9.17) is 10.5 Å². The molecule has 0 spiro atoms. The van der Waals surface area contributed by atoms with Gasteiger partial charge in [0.2, 0.25) is 0 Å². The number of fused-ring (bicyclic) bond motifs is 1. The Labute approximate surface area is 130 Å². The minimum atomic E-state index is 0.648. The summed E-state index contributed by atoms with van der Waals surface area (Å²) < 4.78 is 6.65. The number of rotatable bonds is 5. The lowest BCUT2D eigenvalue weighted by Crippen LogP contribution is -2.34. The van der Waals surface area contributed by atoms with E-state index in [1.165, 1.54) is 46.5 Å². The summed E-state index contributed by atoms with van der Waals surface area (Å²) in [4.78, 5) is 3.91. The fourth-order valence-electron chi connectivity index (χ4n) is 3.26. The van der Waals surface area contributed by atoms with E-state index in [1.807, 2.05) is 11.3 Å². The molecule has 0 radical (unpaired) electrons. The number of thiophene rings is 1. The summed E-state index contributed by atoms with van der Waals surface area (Å²) in [6, 6.07) is 8.67. The molecular formula is C17H24N2OS. The molecule has 1 aliphatic heterocycles. The van der Waals surface area contributed by atoms with Crippen molar-refractivity contribution in [3.05, 3.63) is 34.7 Å². The molecule has 0 bridgehead atoms. The smallest absolute Gasteiger partial charge is 0.0491 e. The first kappa shape index (κ1) is 15.0. The Kier molecular flexibility index (Phi) is 4.91. The summed E-state index contributed by atoms with van der Waals surface area (Å²) >= 11 is 1.85. The molecule has 2 N–H and O–H groups in total. The Hall–Kier alpha value is -0.940. The number of likely N-dealkylation sites (tertiary alicyclic amines) is 1. The van der Waals surface area contributed by atoms with Crippen LogP contribution in [-0.4, -0.2) is 31.7 Å². The van der Waals surface area contributed by atoms with E-state index in [9.17, 15) is 0 Å². The van der Waals surface area contributed by atoms with Gasteiger partial charge in [0, 0.05) is 36.4 Å². The number of piperidine rings is 1. The Bertz CT molecular complexity index is 587. The third-order valence-electron chi connectivity index (χ3n) is 4.46.